The van der Waals surface area contributed by atoms with Gasteiger partial charge in [0.05, 0.1) is 24.9 Å². The zero-order valence-corrected chi connectivity index (χ0v) is 28.6. The number of ketones is 1. The van der Waals surface area contributed by atoms with E-state index in [1.807, 2.05) is 72.6 Å². The van der Waals surface area contributed by atoms with Crippen LogP contribution in [0.15, 0.2) is 127 Å². The van der Waals surface area contributed by atoms with Crippen molar-refractivity contribution in [1.29, 1.82) is 0 Å². The van der Waals surface area contributed by atoms with Gasteiger partial charge in [0.25, 0.3) is 5.91 Å². The van der Waals surface area contributed by atoms with E-state index in [2.05, 4.69) is 5.32 Å². The van der Waals surface area contributed by atoms with Crippen LogP contribution in [-0.4, -0.2) is 58.2 Å². The number of ether oxygens (including phenoxy) is 2. The van der Waals surface area contributed by atoms with Gasteiger partial charge in [-0.3, -0.25) is 9.59 Å². The minimum Gasteiger partial charge on any atom is -0.508 e. The first-order chi connectivity index (χ1) is 24.7. The molecular weight excluding hydrogens is 644 g/mol. The molecule has 5 aromatic carbocycles. The molecule has 1 aliphatic heterocycles. The molecule has 0 aliphatic carbocycles. The second-order valence-corrected chi connectivity index (χ2v) is 12.9. The summed E-state index contributed by atoms with van der Waals surface area (Å²) in [5.41, 5.74) is 5.36. The summed E-state index contributed by atoms with van der Waals surface area (Å²) < 4.78 is 13.6. The number of nitrogens with zero attached hydrogens (tertiary/aromatic N) is 1. The number of phenols is 1. The van der Waals surface area contributed by atoms with Crippen LogP contribution in [0.1, 0.15) is 79.9 Å². The molecule has 1 heterocycles. The molecule has 0 aromatic heterocycles. The lowest BCUT2D eigenvalue weighted by Gasteiger charge is -2.44. The largest absolute Gasteiger partial charge is 0.508 e. The Bertz CT molecular complexity index is 1950. The van der Waals surface area contributed by atoms with Gasteiger partial charge in [0.1, 0.15) is 5.75 Å². The topological polar surface area (TPSA) is 129 Å². The number of hydrogen-bond acceptors (Lipinski definition) is 8. The fourth-order valence-electron chi connectivity index (χ4n) is 6.53. The van der Waals surface area contributed by atoms with Crippen LogP contribution in [0.25, 0.3) is 0 Å². The van der Waals surface area contributed by atoms with Crippen molar-refractivity contribution < 1.29 is 34.4 Å². The number of aliphatic hydroxyl groups is 2. The Morgan fingerprint density at radius 3 is 2.22 bits per heavy atom. The van der Waals surface area contributed by atoms with Crippen LogP contribution in [0.3, 0.4) is 0 Å². The number of aliphatic hydroxyl groups excluding tert-OH is 2. The number of amides is 1. The number of anilines is 1. The molecule has 0 saturated carbocycles. The molecule has 1 saturated heterocycles. The number of carbonyl (C=O) groups excluding carboxylic acids is 2. The summed E-state index contributed by atoms with van der Waals surface area (Å²) in [5.74, 6) is -0.612. The maximum absolute atomic E-state index is 13.4. The van der Waals surface area contributed by atoms with Crippen molar-refractivity contribution in [2.45, 2.75) is 44.1 Å². The second kappa shape index (κ2) is 16.2. The highest BCUT2D eigenvalue weighted by atomic mass is 16.7. The number of hydrogen-bond donors (Lipinski definition) is 4. The number of carbonyl (C=O) groups is 2. The average molecular weight is 687 g/mol. The minimum absolute atomic E-state index is 0.0809. The van der Waals surface area contributed by atoms with E-state index in [4.69, 9.17) is 9.47 Å². The lowest BCUT2D eigenvalue weighted by Crippen LogP contribution is -2.44. The maximum Gasteiger partial charge on any atom is 0.255 e. The number of phenolic OH excluding ortho intramolecular Hbond substituents is 1. The predicted octanol–water partition coefficient (Wildman–Crippen LogP) is 6.94. The van der Waals surface area contributed by atoms with E-state index < -0.39 is 24.6 Å². The van der Waals surface area contributed by atoms with Crippen LogP contribution in [0.2, 0.25) is 0 Å². The van der Waals surface area contributed by atoms with Gasteiger partial charge >= 0.3 is 0 Å². The highest BCUT2D eigenvalue weighted by Crippen LogP contribution is 2.47. The summed E-state index contributed by atoms with van der Waals surface area (Å²) in [5, 5.41) is 33.7. The van der Waals surface area contributed by atoms with Gasteiger partial charge in [0, 0.05) is 41.4 Å². The number of Topliss-reactive ketones (excluding diaryl/α,β-unsaturated/α-hetero) is 1. The van der Waals surface area contributed by atoms with Crippen LogP contribution in [0.4, 0.5) is 5.69 Å². The van der Waals surface area contributed by atoms with Crippen LogP contribution in [0.5, 0.6) is 5.75 Å². The lowest BCUT2D eigenvalue weighted by atomic mass is 9.83. The van der Waals surface area contributed by atoms with Gasteiger partial charge in [-0.15, -0.1) is 0 Å². The average Bonchev–Trinajstić information content (AvgIpc) is 3.15. The molecule has 1 amide bonds. The van der Waals surface area contributed by atoms with Crippen LogP contribution in [0, 0.1) is 0 Å². The van der Waals surface area contributed by atoms with Crippen molar-refractivity contribution >= 4 is 17.4 Å². The van der Waals surface area contributed by atoms with Crippen molar-refractivity contribution in [1.82, 2.24) is 4.90 Å². The zero-order valence-electron chi connectivity index (χ0n) is 28.6. The number of likely N-dealkylation sites (N-methyl/N-ethyl adjacent to an activating group) is 1. The third-order valence-corrected chi connectivity index (χ3v) is 9.15. The van der Waals surface area contributed by atoms with Gasteiger partial charge in [-0.1, -0.05) is 91.0 Å². The molecule has 5 aromatic rings. The summed E-state index contributed by atoms with van der Waals surface area (Å²) in [4.78, 5) is 27.3. The van der Waals surface area contributed by atoms with Crippen molar-refractivity contribution in [3.63, 3.8) is 0 Å². The molecule has 51 heavy (non-hydrogen) atoms. The SMILES string of the molecule is CC(=O)c1cccc(NC(=O)c2cccc(C3OC(CN(C)CC(O)c4cccc(O)c4)C(c4ccccc4)C(c4ccc(CO)cc4)O3)c2)c1. The molecule has 5 atom stereocenters. The van der Waals surface area contributed by atoms with Gasteiger partial charge in [-0.25, -0.2) is 0 Å². The molecule has 1 fully saturated rings. The first-order valence-electron chi connectivity index (χ1n) is 16.9. The summed E-state index contributed by atoms with van der Waals surface area (Å²) in [6.45, 7) is 2.11. The Kier molecular flexibility index (Phi) is 11.4. The molecule has 9 heteroatoms. The summed E-state index contributed by atoms with van der Waals surface area (Å²) in [7, 11) is 1.92. The van der Waals surface area contributed by atoms with Gasteiger partial charge in [0.15, 0.2) is 12.1 Å². The third kappa shape index (κ3) is 8.78. The molecule has 1 aliphatic rings. The molecule has 4 N–H and O–H groups in total. The molecule has 0 spiro atoms. The Morgan fingerprint density at radius 1 is 0.784 bits per heavy atom. The fourth-order valence-corrected chi connectivity index (χ4v) is 6.53. The van der Waals surface area contributed by atoms with E-state index in [1.165, 1.54) is 6.92 Å². The Balaban J connectivity index is 1.32. The first kappa shape index (κ1) is 35.7. The molecule has 6 rings (SSSR count). The molecule has 0 radical (unpaired) electrons. The smallest absolute Gasteiger partial charge is 0.255 e. The summed E-state index contributed by atoms with van der Waals surface area (Å²) >= 11 is 0. The lowest BCUT2D eigenvalue weighted by molar-refractivity contribution is -0.263. The summed E-state index contributed by atoms with van der Waals surface area (Å²) in [6, 6.07) is 38.2. The standard InChI is InChI=1S/C42H42N2O7/c1-27(46)31-11-7-15-35(22-31)43-41(49)33-13-6-14-34(21-33)42-50-38(25-44(2)24-37(48)32-12-8-16-36(47)23-32)39(29-9-4-3-5-10-29)40(51-42)30-19-17-28(26-45)18-20-30/h3-23,37-40,42,45,47-48H,24-26H2,1-2H3,(H,43,49). The van der Waals surface area contributed by atoms with Crippen molar-refractivity contribution in [2.75, 3.05) is 25.5 Å². The zero-order chi connectivity index (χ0) is 35.9. The van der Waals surface area contributed by atoms with E-state index in [0.29, 0.717) is 34.5 Å². The van der Waals surface area contributed by atoms with Crippen LogP contribution in [-0.2, 0) is 16.1 Å². The fraction of sp³-hybridized carbons (Fsp3) is 0.238. The molecule has 262 valence electrons. The maximum atomic E-state index is 13.4. The summed E-state index contributed by atoms with van der Waals surface area (Å²) in [6.07, 6.45) is -2.60. The van der Waals surface area contributed by atoms with Crippen LogP contribution >= 0.6 is 0 Å². The Hall–Kier alpha value is -5.16. The van der Waals surface area contributed by atoms with Gasteiger partial charge in [0.2, 0.25) is 0 Å². The van der Waals surface area contributed by atoms with E-state index in [9.17, 15) is 24.9 Å². The second-order valence-electron chi connectivity index (χ2n) is 12.9. The molecular formula is C42H42N2O7. The normalized spacial score (nSPS) is 19.4. The van der Waals surface area contributed by atoms with Crippen molar-refractivity contribution in [3.05, 3.63) is 166 Å². The van der Waals surface area contributed by atoms with Crippen LogP contribution < -0.4 is 5.32 Å². The predicted molar refractivity (Wildman–Crippen MR) is 194 cm³/mol. The monoisotopic (exact) mass is 686 g/mol. The van der Waals surface area contributed by atoms with E-state index >= 15 is 0 Å². The molecule has 0 bridgehead atoms. The Labute approximate surface area is 297 Å². The number of nitrogens with one attached hydrogen (secondary N) is 1. The number of aromatic hydroxyl groups is 1. The molecule has 5 unspecified atom stereocenters. The van der Waals surface area contributed by atoms with E-state index in [-0.39, 0.29) is 36.5 Å². The van der Waals surface area contributed by atoms with E-state index in [0.717, 1.165) is 16.7 Å². The highest BCUT2D eigenvalue weighted by molar-refractivity contribution is 6.05. The first-order valence-corrected chi connectivity index (χ1v) is 16.9. The van der Waals surface area contributed by atoms with Crippen molar-refractivity contribution in [3.8, 4) is 5.75 Å². The third-order valence-electron chi connectivity index (χ3n) is 9.15. The number of benzene rings is 5. The Morgan fingerprint density at radius 2 is 1.49 bits per heavy atom. The van der Waals surface area contributed by atoms with E-state index in [1.54, 1.807) is 66.7 Å². The molecule has 9 nitrogen and oxygen atoms in total. The number of rotatable bonds is 12. The van der Waals surface area contributed by atoms with Gasteiger partial charge in [-0.2, -0.15) is 0 Å². The van der Waals surface area contributed by atoms with Crippen molar-refractivity contribution in [2.24, 2.45) is 0 Å². The minimum atomic E-state index is -0.851. The van der Waals surface area contributed by atoms with Gasteiger partial charge in [-0.05, 0) is 72.6 Å². The quantitative estimate of drug-likeness (QED) is 0.104. The highest BCUT2D eigenvalue weighted by Gasteiger charge is 2.42. The van der Waals surface area contributed by atoms with Gasteiger partial charge < -0.3 is 35.0 Å².